The van der Waals surface area contributed by atoms with Crippen molar-refractivity contribution < 1.29 is 22.7 Å². The molecular formula is C25H29NO5S2. The van der Waals surface area contributed by atoms with E-state index in [2.05, 4.69) is 0 Å². The van der Waals surface area contributed by atoms with Crippen LogP contribution in [-0.4, -0.2) is 38.6 Å². The maximum absolute atomic E-state index is 13.3. The molecule has 0 fully saturated rings. The zero-order valence-corrected chi connectivity index (χ0v) is 20.7. The fraction of sp³-hybridized carbons (Fsp3) is 0.320. The lowest BCUT2D eigenvalue weighted by Gasteiger charge is -2.23. The third-order valence-corrected chi connectivity index (χ3v) is 7.97. The number of thiophene rings is 1. The van der Waals surface area contributed by atoms with Crippen LogP contribution in [0.1, 0.15) is 41.1 Å². The first-order valence-electron chi connectivity index (χ1n) is 10.8. The Hall–Kier alpha value is -2.84. The van der Waals surface area contributed by atoms with Gasteiger partial charge in [0.2, 0.25) is 0 Å². The standard InChI is InChI=1S/C25H29NO5S2/c1-4-15-33(28,29)24-11-7-6-10-21(24)25(27)26(5-2)17-19-12-13-22(23(16-19)30-3)31-18-20-9-8-14-32-20/h6-14,16H,4-5,15,17-18H2,1-3H3. The highest BCUT2D eigenvalue weighted by Gasteiger charge is 2.24. The molecule has 0 aliphatic heterocycles. The number of carbonyl (C=O) groups is 1. The van der Waals surface area contributed by atoms with Gasteiger partial charge in [0.15, 0.2) is 21.3 Å². The smallest absolute Gasteiger partial charge is 0.255 e. The Balaban J connectivity index is 1.80. The minimum atomic E-state index is -3.53. The van der Waals surface area contributed by atoms with Gasteiger partial charge in [0.1, 0.15) is 6.61 Å². The normalized spacial score (nSPS) is 11.2. The van der Waals surface area contributed by atoms with Gasteiger partial charge in [-0.25, -0.2) is 8.42 Å². The lowest BCUT2D eigenvalue weighted by Crippen LogP contribution is -2.31. The lowest BCUT2D eigenvalue weighted by molar-refractivity contribution is 0.0748. The summed E-state index contributed by atoms with van der Waals surface area (Å²) in [6.07, 6.45) is 0.489. The summed E-state index contributed by atoms with van der Waals surface area (Å²) in [7, 11) is -1.95. The molecule has 3 rings (SSSR count). The first-order valence-corrected chi connectivity index (χ1v) is 13.4. The summed E-state index contributed by atoms with van der Waals surface area (Å²) in [5.41, 5.74) is 1.06. The number of nitrogens with zero attached hydrogens (tertiary/aromatic N) is 1. The molecule has 6 nitrogen and oxygen atoms in total. The highest BCUT2D eigenvalue weighted by Crippen LogP contribution is 2.30. The Morgan fingerprint density at radius 2 is 1.82 bits per heavy atom. The van der Waals surface area contributed by atoms with Gasteiger partial charge >= 0.3 is 0 Å². The molecule has 1 heterocycles. The molecule has 0 bridgehead atoms. The summed E-state index contributed by atoms with van der Waals surface area (Å²) >= 11 is 1.62. The summed E-state index contributed by atoms with van der Waals surface area (Å²) in [5.74, 6) is 0.899. The van der Waals surface area contributed by atoms with Gasteiger partial charge in [0, 0.05) is 18.0 Å². The second-order valence-corrected chi connectivity index (χ2v) is 10.6. The average Bonchev–Trinajstić information content (AvgIpc) is 3.34. The first kappa shape index (κ1) is 24.8. The van der Waals surface area contributed by atoms with Gasteiger partial charge in [-0.05, 0) is 54.6 Å². The van der Waals surface area contributed by atoms with Gasteiger partial charge in [0.05, 0.1) is 23.3 Å². The molecule has 0 saturated heterocycles. The maximum atomic E-state index is 13.3. The highest BCUT2D eigenvalue weighted by atomic mass is 32.2. The molecule has 0 spiro atoms. The molecule has 1 aromatic heterocycles. The largest absolute Gasteiger partial charge is 0.493 e. The maximum Gasteiger partial charge on any atom is 0.255 e. The van der Waals surface area contributed by atoms with E-state index in [1.807, 2.05) is 49.6 Å². The number of carbonyl (C=O) groups excluding carboxylic acids is 1. The summed E-state index contributed by atoms with van der Waals surface area (Å²) in [5, 5.41) is 2.00. The van der Waals surface area contributed by atoms with E-state index >= 15 is 0 Å². The van der Waals surface area contributed by atoms with Crippen molar-refractivity contribution in [3.63, 3.8) is 0 Å². The van der Waals surface area contributed by atoms with Crippen LogP contribution in [0.4, 0.5) is 0 Å². The van der Waals surface area contributed by atoms with Crippen LogP contribution < -0.4 is 9.47 Å². The molecule has 0 saturated carbocycles. The molecule has 0 aliphatic rings. The van der Waals surface area contributed by atoms with Crippen molar-refractivity contribution in [1.29, 1.82) is 0 Å². The van der Waals surface area contributed by atoms with E-state index in [4.69, 9.17) is 9.47 Å². The van der Waals surface area contributed by atoms with Gasteiger partial charge < -0.3 is 14.4 Å². The Morgan fingerprint density at radius 1 is 1.03 bits per heavy atom. The third-order valence-electron chi connectivity index (χ3n) is 5.15. The second-order valence-electron chi connectivity index (χ2n) is 7.49. The quantitative estimate of drug-likeness (QED) is 0.373. The van der Waals surface area contributed by atoms with Crippen molar-refractivity contribution >= 4 is 27.1 Å². The zero-order valence-electron chi connectivity index (χ0n) is 19.1. The van der Waals surface area contributed by atoms with Crippen molar-refractivity contribution in [3.8, 4) is 11.5 Å². The van der Waals surface area contributed by atoms with Crippen LogP contribution >= 0.6 is 11.3 Å². The predicted molar refractivity (Wildman–Crippen MR) is 131 cm³/mol. The Bertz CT molecular complexity index is 1170. The van der Waals surface area contributed by atoms with Gasteiger partial charge in [-0.2, -0.15) is 0 Å². The van der Waals surface area contributed by atoms with E-state index in [0.29, 0.717) is 37.6 Å². The number of methoxy groups -OCH3 is 1. The molecule has 0 aliphatic carbocycles. The number of benzene rings is 2. The van der Waals surface area contributed by atoms with Gasteiger partial charge in [0.25, 0.3) is 5.91 Å². The van der Waals surface area contributed by atoms with Crippen LogP contribution in [0.5, 0.6) is 11.5 Å². The summed E-state index contributed by atoms with van der Waals surface area (Å²) in [6, 6.07) is 16.0. The molecule has 1 amide bonds. The van der Waals surface area contributed by atoms with E-state index < -0.39 is 9.84 Å². The molecule has 8 heteroatoms. The number of ether oxygens (including phenoxy) is 2. The monoisotopic (exact) mass is 487 g/mol. The van der Waals surface area contributed by atoms with Gasteiger partial charge in [-0.15, -0.1) is 11.3 Å². The molecule has 0 atom stereocenters. The molecule has 3 aromatic rings. The van der Waals surface area contributed by atoms with Crippen LogP contribution in [0.2, 0.25) is 0 Å². The number of hydrogen-bond donors (Lipinski definition) is 0. The van der Waals surface area contributed by atoms with Crippen LogP contribution in [0.15, 0.2) is 64.9 Å². The molecule has 2 aromatic carbocycles. The van der Waals surface area contributed by atoms with E-state index in [0.717, 1.165) is 10.4 Å². The molecule has 176 valence electrons. The van der Waals surface area contributed by atoms with Crippen molar-refractivity contribution in [1.82, 2.24) is 4.90 Å². The van der Waals surface area contributed by atoms with Crippen molar-refractivity contribution in [2.75, 3.05) is 19.4 Å². The third kappa shape index (κ3) is 6.15. The van der Waals surface area contributed by atoms with Gasteiger partial charge in [-0.1, -0.05) is 31.2 Å². The predicted octanol–water partition coefficient (Wildman–Crippen LogP) is 5.18. The van der Waals surface area contributed by atoms with E-state index in [1.165, 1.54) is 6.07 Å². The second kappa shape index (κ2) is 11.3. The SMILES string of the molecule is CCCS(=O)(=O)c1ccccc1C(=O)N(CC)Cc1ccc(OCc2cccs2)c(OC)c1. The number of amides is 1. The lowest BCUT2D eigenvalue weighted by atomic mass is 10.1. The highest BCUT2D eigenvalue weighted by molar-refractivity contribution is 7.91. The fourth-order valence-corrected chi connectivity index (χ4v) is 5.63. The Kier molecular flexibility index (Phi) is 8.52. The summed E-state index contributed by atoms with van der Waals surface area (Å²) < 4.78 is 36.8. The molecule has 0 N–H and O–H groups in total. The Morgan fingerprint density at radius 3 is 2.48 bits per heavy atom. The zero-order chi connectivity index (χ0) is 23.8. The van der Waals surface area contributed by atoms with Crippen molar-refractivity contribution in [2.45, 2.75) is 38.3 Å². The minimum absolute atomic E-state index is 0.00749. The topological polar surface area (TPSA) is 72.9 Å². The van der Waals surface area contributed by atoms with E-state index in [-0.39, 0.29) is 22.1 Å². The molecule has 0 unspecified atom stereocenters. The minimum Gasteiger partial charge on any atom is -0.493 e. The van der Waals surface area contributed by atoms with Crippen molar-refractivity contribution in [3.05, 3.63) is 76.0 Å². The van der Waals surface area contributed by atoms with Crippen LogP contribution in [0.3, 0.4) is 0 Å². The van der Waals surface area contributed by atoms with E-state index in [1.54, 1.807) is 41.5 Å². The molecule has 33 heavy (non-hydrogen) atoms. The Labute approximate surface area is 199 Å². The van der Waals surface area contributed by atoms with E-state index in [9.17, 15) is 13.2 Å². The van der Waals surface area contributed by atoms with Gasteiger partial charge in [-0.3, -0.25) is 4.79 Å². The number of sulfone groups is 1. The van der Waals surface area contributed by atoms with Crippen LogP contribution in [0.25, 0.3) is 0 Å². The average molecular weight is 488 g/mol. The first-order chi connectivity index (χ1) is 15.9. The van der Waals surface area contributed by atoms with Crippen LogP contribution in [0, 0.1) is 0 Å². The molecule has 0 radical (unpaired) electrons. The molecular weight excluding hydrogens is 458 g/mol. The summed E-state index contributed by atoms with van der Waals surface area (Å²) in [6.45, 7) is 4.88. The number of hydrogen-bond acceptors (Lipinski definition) is 6. The van der Waals surface area contributed by atoms with Crippen molar-refractivity contribution in [2.24, 2.45) is 0 Å². The number of rotatable bonds is 11. The fourth-order valence-electron chi connectivity index (χ4n) is 3.48. The van der Waals surface area contributed by atoms with Crippen LogP contribution in [-0.2, 0) is 23.0 Å². The summed E-state index contributed by atoms with van der Waals surface area (Å²) in [4.78, 5) is 16.1.